The first kappa shape index (κ1) is 48.5. The van der Waals surface area contributed by atoms with Gasteiger partial charge in [0.15, 0.2) is 11.3 Å². The number of hydrogen-bond acceptors (Lipinski definition) is 14. The predicted molar refractivity (Wildman–Crippen MR) is 335 cm³/mol. The summed E-state index contributed by atoms with van der Waals surface area (Å²) in [7, 11) is -1.62. The molecule has 2 aliphatic heterocycles. The largest absolute Gasteiger partial charge is 0.328 e. The minimum atomic E-state index is -4.27. The summed E-state index contributed by atoms with van der Waals surface area (Å²) in [5.74, 6) is -0.201. The minimum absolute atomic E-state index is 0.0658. The summed E-state index contributed by atoms with van der Waals surface area (Å²) < 4.78 is 114. The van der Waals surface area contributed by atoms with E-state index < -0.39 is 44.8 Å². The molecule has 8 aromatic heterocycles. The lowest BCUT2D eigenvalue weighted by molar-refractivity contribution is -0.123. The van der Waals surface area contributed by atoms with Crippen molar-refractivity contribution in [3.05, 3.63) is 158 Å². The van der Waals surface area contributed by atoms with Crippen molar-refractivity contribution in [2.24, 2.45) is 39.5 Å². The number of benzene rings is 4. The monoisotopic (exact) mass is 1220 g/mol. The Labute approximate surface area is 513 Å². The number of anilines is 2. The molecule has 2 fully saturated rings. The number of amides is 2. The maximum Gasteiger partial charge on any atom is 0.269 e. The molecule has 10 heterocycles. The van der Waals surface area contributed by atoms with Gasteiger partial charge in [0.2, 0.25) is 11.8 Å². The van der Waals surface area contributed by atoms with Crippen molar-refractivity contribution in [1.29, 1.82) is 0 Å². The molecule has 24 heteroatoms. The van der Waals surface area contributed by atoms with Gasteiger partial charge >= 0.3 is 0 Å². The number of fused-ring (bicyclic) bond motifs is 10. The van der Waals surface area contributed by atoms with Gasteiger partial charge in [-0.25, -0.2) is 34.7 Å². The molecular formula is C64H60N16O6S2. The summed E-state index contributed by atoms with van der Waals surface area (Å²) in [6.45, 7) is -4.99. The van der Waals surface area contributed by atoms with Crippen molar-refractivity contribution in [1.82, 2.24) is 57.0 Å². The van der Waals surface area contributed by atoms with Gasteiger partial charge in [-0.1, -0.05) is 48.5 Å². The third kappa shape index (κ3) is 7.77. The fourth-order valence-electron chi connectivity index (χ4n) is 14.4. The first-order valence-corrected chi connectivity index (χ1v) is 31.3. The minimum Gasteiger partial charge on any atom is -0.328 e. The highest BCUT2D eigenvalue weighted by Crippen LogP contribution is 2.58. The first-order valence-electron chi connectivity index (χ1n) is 31.5. The molecule has 22 nitrogen and oxygen atoms in total. The second kappa shape index (κ2) is 19.4. The summed E-state index contributed by atoms with van der Waals surface area (Å²) in [6.07, 6.45) is 15.9. The van der Waals surface area contributed by atoms with Crippen LogP contribution < -0.4 is 21.3 Å². The number of nitrogens with two attached hydrogens (primary N) is 2. The number of carbonyl (C=O) groups excluding carboxylic acids is 2. The quantitative estimate of drug-likeness (QED) is 0.146. The van der Waals surface area contributed by atoms with Crippen molar-refractivity contribution in [3.8, 4) is 44.8 Å². The number of rotatable bonds is 8. The number of pyridine rings is 2. The van der Waals surface area contributed by atoms with Crippen molar-refractivity contribution < 1.29 is 34.6 Å². The van der Waals surface area contributed by atoms with Gasteiger partial charge < -0.3 is 21.3 Å². The van der Waals surface area contributed by atoms with Crippen LogP contribution in [0.5, 0.6) is 0 Å². The molecule has 2 aliphatic carbocycles. The Balaban J connectivity index is 0.000000155. The van der Waals surface area contributed by atoms with E-state index in [9.17, 15) is 26.4 Å². The Bertz CT molecular complexity index is 5090. The van der Waals surface area contributed by atoms with Crippen LogP contribution in [0, 0.1) is 0 Å². The Kier molecular flexibility index (Phi) is 10.7. The Morgan fingerprint density at radius 3 is 1.28 bits per heavy atom. The van der Waals surface area contributed by atoms with E-state index in [1.807, 2.05) is 0 Å². The summed E-state index contributed by atoms with van der Waals surface area (Å²) in [4.78, 5) is 41.1. The summed E-state index contributed by atoms with van der Waals surface area (Å²) in [6, 6.07) is 26.3. The van der Waals surface area contributed by atoms with Crippen molar-refractivity contribution >= 4 is 87.1 Å². The van der Waals surface area contributed by atoms with Crippen LogP contribution in [-0.4, -0.2) is 112 Å². The lowest BCUT2D eigenvalue weighted by Crippen LogP contribution is -2.37. The molecule has 12 aromatic rings. The lowest BCUT2D eigenvalue weighted by Gasteiger charge is -2.23. The highest BCUT2D eigenvalue weighted by molar-refractivity contribution is 7.90. The number of likely N-dealkylation sites (N-methyl/N-ethyl adjacent to an activating group) is 2. The van der Waals surface area contributed by atoms with E-state index in [0.717, 1.165) is 9.36 Å². The van der Waals surface area contributed by atoms with E-state index in [1.54, 1.807) is 157 Å². The van der Waals surface area contributed by atoms with Crippen molar-refractivity contribution in [3.63, 3.8) is 0 Å². The maximum atomic E-state index is 14.7. The number of carbonyl (C=O) groups is 2. The fourth-order valence-corrected chi connectivity index (χ4v) is 17.4. The topological polar surface area (TPSA) is 268 Å². The van der Waals surface area contributed by atoms with Crippen LogP contribution in [-0.2, 0) is 68.5 Å². The van der Waals surface area contributed by atoms with Crippen LogP contribution in [0.4, 0.5) is 11.4 Å². The molecule has 4 aromatic carbocycles. The zero-order valence-electron chi connectivity index (χ0n) is 53.9. The molecule has 16 rings (SSSR count). The van der Waals surface area contributed by atoms with Gasteiger partial charge in [0.05, 0.1) is 91.6 Å². The van der Waals surface area contributed by atoms with Gasteiger partial charge in [0, 0.05) is 130 Å². The zero-order valence-corrected chi connectivity index (χ0v) is 49.6. The molecule has 4 atom stereocenters. The van der Waals surface area contributed by atoms with Crippen LogP contribution >= 0.6 is 0 Å². The maximum absolute atomic E-state index is 14.7. The van der Waals surface area contributed by atoms with Gasteiger partial charge in [0.25, 0.3) is 20.0 Å². The van der Waals surface area contributed by atoms with E-state index in [0.29, 0.717) is 138 Å². The Morgan fingerprint density at radius 2 is 0.932 bits per heavy atom. The number of nitrogens with zero attached hydrogens (tertiary/aromatic N) is 14. The SMILES string of the molecule is [2H]C([2H])([2H])n1ncc2cc(-c3c(-c4cnn(C)c4)n(S(=O)(=O)c4ccccc4)c4ncc5c(c34)[C@@]3(CC[C@H](N)C3)C(=O)N5C)ccc21.[2H]C([2H])([2H])n1ncc2cc(-c3c(-c4cnn(C)c4)n(S(=O)(=O)c4ccccc4)c4ncc5c(c34)[C@]3(CC[C@@H](N)C3)C(=O)N5C)ccc21. The molecule has 2 spiro atoms. The standard InChI is InChI=1S/2C32H30N8O3S/c2*1-37-18-21(16-35-37)29-26(19-9-10-24-20(13-19)15-36-39(24)3)27-28-25(38(2)31(41)32(28)12-11-22(33)14-32)17-34-30(27)40(29)44(42,43)23-7-5-4-6-8-23/h2*4-10,13,15-18,22H,11-12,14,33H2,1-3H3/t2*22-,32-/m10/s1/i2*3D3. The van der Waals surface area contributed by atoms with Gasteiger partial charge in [-0.3, -0.25) is 28.3 Å². The predicted octanol–water partition coefficient (Wildman–Crippen LogP) is 7.91. The molecule has 4 N–H and O–H groups in total. The highest BCUT2D eigenvalue weighted by Gasteiger charge is 2.57. The van der Waals surface area contributed by atoms with Crippen LogP contribution in [0.2, 0.25) is 0 Å². The molecule has 0 saturated heterocycles. The lowest BCUT2D eigenvalue weighted by atomic mass is 9.77. The molecule has 0 radical (unpaired) electrons. The zero-order chi connectivity index (χ0) is 66.1. The average Bonchev–Trinajstić information content (AvgIpc) is 1.53. The van der Waals surface area contributed by atoms with Gasteiger partial charge in [0.1, 0.15) is 0 Å². The fraction of sp³-hybridized carbons (Fsp3) is 0.250. The van der Waals surface area contributed by atoms with Crippen LogP contribution in [0.15, 0.2) is 156 Å². The second-order valence-corrected chi connectivity index (χ2v) is 27.0. The highest BCUT2D eigenvalue weighted by atomic mass is 32.2. The third-order valence-electron chi connectivity index (χ3n) is 18.3. The number of aromatic nitrogens is 12. The molecule has 0 unspecified atom stereocenters. The number of aryl methyl sites for hydroxylation is 4. The smallest absolute Gasteiger partial charge is 0.269 e. The first-order chi connectivity index (χ1) is 44.7. The van der Waals surface area contributed by atoms with Crippen LogP contribution in [0.25, 0.3) is 88.6 Å². The molecule has 4 aliphatic rings. The average molecular weight is 1220 g/mol. The third-order valence-corrected chi connectivity index (χ3v) is 21.7. The molecular weight excluding hydrogens is 1150 g/mol. The summed E-state index contributed by atoms with van der Waals surface area (Å²) >= 11 is 0. The van der Waals surface area contributed by atoms with Gasteiger partial charge in [-0.05, 0) is 98.2 Å². The molecule has 88 heavy (non-hydrogen) atoms. The van der Waals surface area contributed by atoms with Crippen LogP contribution in [0.3, 0.4) is 0 Å². The molecule has 2 amide bonds. The van der Waals surface area contributed by atoms with E-state index >= 15 is 0 Å². The summed E-state index contributed by atoms with van der Waals surface area (Å²) in [5, 5.41) is 19.2. The van der Waals surface area contributed by atoms with Crippen molar-refractivity contribution in [2.45, 2.75) is 71.2 Å². The van der Waals surface area contributed by atoms with E-state index in [1.165, 1.54) is 44.6 Å². The number of hydrogen-bond donors (Lipinski definition) is 2. The van der Waals surface area contributed by atoms with Gasteiger partial charge in [-0.15, -0.1) is 0 Å². The molecule has 444 valence electrons. The Morgan fingerprint density at radius 1 is 0.523 bits per heavy atom. The summed E-state index contributed by atoms with van der Waals surface area (Å²) in [5.41, 5.74) is 18.7. The van der Waals surface area contributed by atoms with E-state index in [4.69, 9.17) is 29.7 Å². The van der Waals surface area contributed by atoms with E-state index in [-0.39, 0.29) is 45.0 Å². The normalized spacial score (nSPS) is 21.3. The molecule has 0 bridgehead atoms. The Hall–Kier alpha value is -9.62. The van der Waals surface area contributed by atoms with Gasteiger partial charge in [-0.2, -0.15) is 20.4 Å². The molecule has 2 saturated carbocycles. The van der Waals surface area contributed by atoms with Crippen molar-refractivity contribution in [2.75, 3.05) is 23.9 Å². The second-order valence-electron chi connectivity index (χ2n) is 23.4. The van der Waals surface area contributed by atoms with E-state index in [2.05, 4.69) is 20.4 Å². The van der Waals surface area contributed by atoms with Crippen LogP contribution in [0.1, 0.15) is 57.9 Å².